The van der Waals surface area contributed by atoms with Crippen LogP contribution in [0.5, 0.6) is 0 Å². The number of aliphatic carboxylic acids is 1. The minimum Gasteiger partial charge on any atom is -0.477 e. The molecular weight excluding hydrogens is 244 g/mol. The molecule has 0 saturated carbocycles. The molecule has 1 aliphatic rings. The molecule has 1 aromatic rings. The Hall–Kier alpha value is -1.88. The maximum Gasteiger partial charge on any atom is 0.352 e. The van der Waals surface area contributed by atoms with Crippen molar-refractivity contribution in [1.82, 2.24) is 0 Å². The van der Waals surface area contributed by atoms with E-state index < -0.39 is 5.97 Å². The summed E-state index contributed by atoms with van der Waals surface area (Å²) in [4.78, 5) is 22.3. The van der Waals surface area contributed by atoms with Gasteiger partial charge in [-0.25, -0.2) is 4.79 Å². The van der Waals surface area contributed by atoms with Crippen molar-refractivity contribution >= 4 is 34.9 Å². The van der Waals surface area contributed by atoms with Gasteiger partial charge in [-0.2, -0.15) is 10.1 Å². The number of aryl methyl sites for hydroxylation is 1. The maximum atomic E-state index is 11.6. The van der Waals surface area contributed by atoms with Crippen molar-refractivity contribution in [3.05, 3.63) is 28.8 Å². The third-order valence-corrected chi connectivity index (χ3v) is 2.83. The molecule has 6 heteroatoms. The monoisotopic (exact) mass is 252 g/mol. The summed E-state index contributed by atoms with van der Waals surface area (Å²) in [5, 5.41) is 14.1. The Bertz CT molecular complexity index is 540. The lowest BCUT2D eigenvalue weighted by Gasteiger charge is -2.12. The third-order valence-electron chi connectivity index (χ3n) is 2.42. The van der Waals surface area contributed by atoms with Gasteiger partial charge in [0.1, 0.15) is 0 Å². The number of hydrogen-bond acceptors (Lipinski definition) is 3. The molecule has 1 aliphatic heterocycles. The van der Waals surface area contributed by atoms with E-state index in [2.05, 4.69) is 5.10 Å². The predicted octanol–water partition coefficient (Wildman–Crippen LogP) is 1.83. The van der Waals surface area contributed by atoms with Gasteiger partial charge in [-0.15, -0.1) is 0 Å². The van der Waals surface area contributed by atoms with Crippen molar-refractivity contribution < 1.29 is 14.7 Å². The van der Waals surface area contributed by atoms with E-state index in [1.807, 2.05) is 6.92 Å². The van der Waals surface area contributed by atoms with Crippen LogP contribution in [0.2, 0.25) is 5.02 Å². The van der Waals surface area contributed by atoms with Gasteiger partial charge < -0.3 is 5.11 Å². The molecule has 2 rings (SSSR count). The number of carboxylic acids is 1. The van der Waals surface area contributed by atoms with Gasteiger partial charge in [0.2, 0.25) is 0 Å². The minimum absolute atomic E-state index is 0.160. The average molecular weight is 253 g/mol. The van der Waals surface area contributed by atoms with Gasteiger partial charge in [-0.3, -0.25) is 4.79 Å². The number of carbonyl (C=O) groups is 2. The number of carbonyl (C=O) groups excluding carboxylic acids is 1. The normalized spacial score (nSPS) is 15.1. The Labute approximate surface area is 102 Å². The highest BCUT2D eigenvalue weighted by Gasteiger charge is 2.29. The summed E-state index contributed by atoms with van der Waals surface area (Å²) < 4.78 is 0. The van der Waals surface area contributed by atoms with Crippen LogP contribution in [0.3, 0.4) is 0 Å². The Morgan fingerprint density at radius 2 is 2.24 bits per heavy atom. The summed E-state index contributed by atoms with van der Waals surface area (Å²) in [5.74, 6) is -1.55. The lowest BCUT2D eigenvalue weighted by molar-refractivity contribution is -0.129. The molecule has 0 saturated heterocycles. The SMILES string of the molecule is Cc1ccc(N2N=C(C(=O)O)CC2=O)cc1Cl. The second-order valence-corrected chi connectivity index (χ2v) is 4.07. The summed E-state index contributed by atoms with van der Waals surface area (Å²) in [6.45, 7) is 1.84. The van der Waals surface area contributed by atoms with Crippen LogP contribution in [-0.4, -0.2) is 22.7 Å². The maximum absolute atomic E-state index is 11.6. The number of nitrogens with zero attached hydrogens (tertiary/aromatic N) is 2. The molecular formula is C11H9ClN2O3. The molecule has 0 aromatic heterocycles. The molecule has 0 fully saturated rings. The van der Waals surface area contributed by atoms with Crippen molar-refractivity contribution in [1.29, 1.82) is 0 Å². The largest absolute Gasteiger partial charge is 0.477 e. The van der Waals surface area contributed by atoms with Crippen molar-refractivity contribution in [2.75, 3.05) is 5.01 Å². The first kappa shape index (κ1) is 11.6. The van der Waals surface area contributed by atoms with E-state index in [1.165, 1.54) is 0 Å². The van der Waals surface area contributed by atoms with Crippen LogP contribution < -0.4 is 5.01 Å². The van der Waals surface area contributed by atoms with Crippen LogP contribution in [0.1, 0.15) is 12.0 Å². The zero-order chi connectivity index (χ0) is 12.6. The lowest BCUT2D eigenvalue weighted by Crippen LogP contribution is -2.19. The Morgan fingerprint density at radius 1 is 1.53 bits per heavy atom. The van der Waals surface area contributed by atoms with Gasteiger partial charge >= 0.3 is 5.97 Å². The van der Waals surface area contributed by atoms with E-state index in [0.717, 1.165) is 10.6 Å². The van der Waals surface area contributed by atoms with Crippen LogP contribution in [0.15, 0.2) is 23.3 Å². The Balaban J connectivity index is 2.37. The highest BCUT2D eigenvalue weighted by molar-refractivity contribution is 6.42. The molecule has 88 valence electrons. The van der Waals surface area contributed by atoms with Crippen molar-refractivity contribution in [3.8, 4) is 0 Å². The molecule has 1 amide bonds. The van der Waals surface area contributed by atoms with Crippen LogP contribution in [0.25, 0.3) is 0 Å². The Morgan fingerprint density at radius 3 is 2.76 bits per heavy atom. The van der Waals surface area contributed by atoms with Gasteiger partial charge in [0, 0.05) is 5.02 Å². The van der Waals surface area contributed by atoms with Gasteiger partial charge in [-0.05, 0) is 24.6 Å². The molecule has 0 spiro atoms. The summed E-state index contributed by atoms with van der Waals surface area (Å²) >= 11 is 5.94. The number of benzene rings is 1. The summed E-state index contributed by atoms with van der Waals surface area (Å²) in [7, 11) is 0. The van der Waals surface area contributed by atoms with Crippen molar-refractivity contribution in [2.24, 2.45) is 5.10 Å². The number of halogens is 1. The van der Waals surface area contributed by atoms with E-state index in [9.17, 15) is 9.59 Å². The lowest BCUT2D eigenvalue weighted by atomic mass is 10.2. The number of hydrogen-bond donors (Lipinski definition) is 1. The minimum atomic E-state index is -1.18. The highest BCUT2D eigenvalue weighted by atomic mass is 35.5. The first-order valence-corrected chi connectivity index (χ1v) is 5.26. The molecule has 1 aromatic carbocycles. The quantitative estimate of drug-likeness (QED) is 0.873. The smallest absolute Gasteiger partial charge is 0.352 e. The van der Waals surface area contributed by atoms with Gasteiger partial charge in [-0.1, -0.05) is 17.7 Å². The number of anilines is 1. The fourth-order valence-electron chi connectivity index (χ4n) is 1.46. The zero-order valence-corrected chi connectivity index (χ0v) is 9.73. The number of hydrazone groups is 1. The van der Waals surface area contributed by atoms with Crippen LogP contribution in [0, 0.1) is 6.92 Å². The predicted molar refractivity (Wildman–Crippen MR) is 63.4 cm³/mol. The van der Waals surface area contributed by atoms with Crippen LogP contribution in [-0.2, 0) is 9.59 Å². The van der Waals surface area contributed by atoms with E-state index in [4.69, 9.17) is 16.7 Å². The molecule has 0 unspecified atom stereocenters. The van der Waals surface area contributed by atoms with Gasteiger partial charge in [0.25, 0.3) is 5.91 Å². The molecule has 5 nitrogen and oxygen atoms in total. The topological polar surface area (TPSA) is 70.0 Å². The highest BCUT2D eigenvalue weighted by Crippen LogP contribution is 2.26. The van der Waals surface area contributed by atoms with E-state index >= 15 is 0 Å². The first-order valence-electron chi connectivity index (χ1n) is 4.89. The van der Waals surface area contributed by atoms with E-state index in [1.54, 1.807) is 18.2 Å². The van der Waals surface area contributed by atoms with E-state index in [0.29, 0.717) is 10.7 Å². The van der Waals surface area contributed by atoms with Crippen LogP contribution in [0.4, 0.5) is 5.69 Å². The molecule has 0 aliphatic carbocycles. The zero-order valence-electron chi connectivity index (χ0n) is 8.98. The summed E-state index contributed by atoms with van der Waals surface area (Å²) in [6, 6.07) is 5.01. The third kappa shape index (κ3) is 2.14. The Kier molecular flexibility index (Phi) is 2.85. The summed E-state index contributed by atoms with van der Waals surface area (Å²) in [5.41, 5.74) is 1.19. The molecule has 17 heavy (non-hydrogen) atoms. The van der Waals surface area contributed by atoms with Crippen LogP contribution >= 0.6 is 11.6 Å². The van der Waals surface area contributed by atoms with Gasteiger partial charge in [0.15, 0.2) is 5.71 Å². The fraction of sp³-hybridized carbons (Fsp3) is 0.182. The second-order valence-electron chi connectivity index (χ2n) is 3.67. The summed E-state index contributed by atoms with van der Waals surface area (Å²) in [6.07, 6.45) is -0.194. The van der Waals surface area contributed by atoms with Crippen molar-refractivity contribution in [3.63, 3.8) is 0 Å². The number of amides is 1. The molecule has 0 atom stereocenters. The first-order chi connectivity index (χ1) is 7.99. The van der Waals surface area contributed by atoms with E-state index in [-0.39, 0.29) is 18.0 Å². The number of rotatable bonds is 2. The molecule has 0 radical (unpaired) electrons. The standard InChI is InChI=1S/C11H9ClN2O3/c1-6-2-3-7(4-8(6)12)14-10(15)5-9(13-14)11(16)17/h2-4H,5H2,1H3,(H,16,17). The van der Waals surface area contributed by atoms with Crippen molar-refractivity contribution in [2.45, 2.75) is 13.3 Å². The molecule has 0 bridgehead atoms. The second kappa shape index (κ2) is 4.18. The average Bonchev–Trinajstić information content (AvgIpc) is 2.65. The molecule has 1 heterocycles. The molecule has 1 N–H and O–H groups in total. The van der Waals surface area contributed by atoms with Gasteiger partial charge in [0.05, 0.1) is 12.1 Å². The fourth-order valence-corrected chi connectivity index (χ4v) is 1.64. The number of carboxylic acid groups (broad SMARTS) is 1.